The zero-order valence-corrected chi connectivity index (χ0v) is 18.9. The lowest BCUT2D eigenvalue weighted by Gasteiger charge is -2.39. The average molecular weight is 369 g/mol. The van der Waals surface area contributed by atoms with Crippen LogP contribution in [0.4, 0.5) is 0 Å². The Kier molecular flexibility index (Phi) is 7.94. The summed E-state index contributed by atoms with van der Waals surface area (Å²) in [5, 5.41) is 0.232. The van der Waals surface area contributed by atoms with Crippen molar-refractivity contribution in [3.63, 3.8) is 0 Å². The molecule has 0 radical (unpaired) electrons. The summed E-state index contributed by atoms with van der Waals surface area (Å²) in [6.45, 7) is 18.9. The first-order valence-electron chi connectivity index (χ1n) is 9.79. The normalized spacial score (nSPS) is 23.4. The fraction of sp³-hybridized carbons (Fsp3) is 0.857. The van der Waals surface area contributed by atoms with Gasteiger partial charge in [0.2, 0.25) is 0 Å². The summed E-state index contributed by atoms with van der Waals surface area (Å²) in [6.07, 6.45) is 5.25. The number of allylic oxidation sites excluding steroid dienone is 2. The van der Waals surface area contributed by atoms with Crippen molar-refractivity contribution < 1.29 is 14.0 Å². The van der Waals surface area contributed by atoms with Crippen molar-refractivity contribution in [2.24, 2.45) is 23.7 Å². The number of rotatable bonds is 7. The number of carbonyl (C=O) groups excluding carboxylic acids is 1. The number of methoxy groups -OCH3 is 1. The molecule has 3 nitrogen and oxygen atoms in total. The van der Waals surface area contributed by atoms with Gasteiger partial charge in [-0.05, 0) is 62.1 Å². The second-order valence-electron chi connectivity index (χ2n) is 9.56. The molecule has 1 aliphatic carbocycles. The van der Waals surface area contributed by atoms with Crippen molar-refractivity contribution in [3.05, 3.63) is 11.6 Å². The molecule has 0 aromatic carbocycles. The highest BCUT2D eigenvalue weighted by Gasteiger charge is 2.39. The van der Waals surface area contributed by atoms with Crippen LogP contribution in [0.1, 0.15) is 60.8 Å². The highest BCUT2D eigenvalue weighted by Crippen LogP contribution is 2.40. The van der Waals surface area contributed by atoms with Crippen molar-refractivity contribution in [1.82, 2.24) is 0 Å². The van der Waals surface area contributed by atoms with E-state index in [1.165, 1.54) is 12.7 Å². The SMILES string of the molecule is COC(=O)[C@@H]1CCC(C)=C[C@H]1[C@H](CCO[Si](C)(C)C(C)(C)C)C(C)C. The predicted octanol–water partition coefficient (Wildman–Crippen LogP) is 5.82. The highest BCUT2D eigenvalue weighted by molar-refractivity contribution is 6.74. The largest absolute Gasteiger partial charge is 0.469 e. The molecule has 3 atom stereocenters. The standard InChI is InChI=1S/C21H40O3Si/c1-15(2)17(12-13-24-25(8,9)21(4,5)6)19-14-16(3)10-11-18(19)20(22)23-7/h14-15,17-19H,10-13H2,1-9H3/t17-,18-,19+/m1/s1. The van der Waals surface area contributed by atoms with Gasteiger partial charge in [0.15, 0.2) is 8.32 Å². The van der Waals surface area contributed by atoms with Gasteiger partial charge in [-0.2, -0.15) is 0 Å². The lowest BCUT2D eigenvalue weighted by atomic mass is 9.69. The van der Waals surface area contributed by atoms with E-state index in [1.807, 2.05) is 0 Å². The first kappa shape index (κ1) is 22.4. The van der Waals surface area contributed by atoms with Gasteiger partial charge in [0.25, 0.3) is 0 Å². The van der Waals surface area contributed by atoms with E-state index in [2.05, 4.69) is 60.7 Å². The van der Waals surface area contributed by atoms with Crippen LogP contribution in [0.3, 0.4) is 0 Å². The van der Waals surface area contributed by atoms with Crippen molar-refractivity contribution >= 4 is 14.3 Å². The van der Waals surface area contributed by atoms with E-state index < -0.39 is 8.32 Å². The van der Waals surface area contributed by atoms with E-state index in [0.717, 1.165) is 25.9 Å². The molecule has 25 heavy (non-hydrogen) atoms. The number of hydrogen-bond acceptors (Lipinski definition) is 3. The minimum atomic E-state index is -1.72. The van der Waals surface area contributed by atoms with Crippen LogP contribution in [0.15, 0.2) is 11.6 Å². The van der Waals surface area contributed by atoms with Gasteiger partial charge in [0.1, 0.15) is 0 Å². The third kappa shape index (κ3) is 5.95. The second kappa shape index (κ2) is 8.85. The highest BCUT2D eigenvalue weighted by atomic mass is 28.4. The topological polar surface area (TPSA) is 35.5 Å². The predicted molar refractivity (Wildman–Crippen MR) is 108 cm³/mol. The smallest absolute Gasteiger partial charge is 0.309 e. The summed E-state index contributed by atoms with van der Waals surface area (Å²) in [7, 11) is -0.213. The van der Waals surface area contributed by atoms with Gasteiger partial charge in [-0.3, -0.25) is 4.79 Å². The summed E-state index contributed by atoms with van der Waals surface area (Å²) in [5.41, 5.74) is 1.40. The number of hydrogen-bond donors (Lipinski definition) is 0. The lowest BCUT2D eigenvalue weighted by Crippen LogP contribution is -2.42. The summed E-state index contributed by atoms with van der Waals surface area (Å²) in [4.78, 5) is 12.3. The van der Waals surface area contributed by atoms with E-state index in [-0.39, 0.29) is 22.8 Å². The van der Waals surface area contributed by atoms with Crippen molar-refractivity contribution in [1.29, 1.82) is 0 Å². The molecule has 0 saturated heterocycles. The van der Waals surface area contributed by atoms with Crippen LogP contribution >= 0.6 is 0 Å². The molecule has 0 aromatic rings. The van der Waals surface area contributed by atoms with E-state index in [0.29, 0.717) is 11.8 Å². The molecular weight excluding hydrogens is 328 g/mol. The van der Waals surface area contributed by atoms with Gasteiger partial charge in [0.05, 0.1) is 13.0 Å². The molecule has 0 spiro atoms. The summed E-state index contributed by atoms with van der Waals surface area (Å²) in [5.74, 6) is 1.18. The number of esters is 1. The van der Waals surface area contributed by atoms with Crippen molar-refractivity contribution in [2.75, 3.05) is 13.7 Å². The summed E-state index contributed by atoms with van der Waals surface area (Å²) in [6, 6.07) is 0. The zero-order chi connectivity index (χ0) is 19.4. The maximum atomic E-state index is 12.3. The minimum Gasteiger partial charge on any atom is -0.469 e. The monoisotopic (exact) mass is 368 g/mol. The Bertz CT molecular complexity index is 474. The van der Waals surface area contributed by atoms with Gasteiger partial charge in [-0.15, -0.1) is 0 Å². The molecule has 146 valence electrons. The maximum absolute atomic E-state index is 12.3. The molecule has 0 aliphatic heterocycles. The lowest BCUT2D eigenvalue weighted by molar-refractivity contribution is -0.148. The molecule has 0 amide bonds. The molecular formula is C21H40O3Si. The van der Waals surface area contributed by atoms with Gasteiger partial charge in [-0.25, -0.2) is 0 Å². The maximum Gasteiger partial charge on any atom is 0.309 e. The average Bonchev–Trinajstić information content (AvgIpc) is 2.49. The Morgan fingerprint density at radius 3 is 2.40 bits per heavy atom. The Morgan fingerprint density at radius 1 is 1.32 bits per heavy atom. The van der Waals surface area contributed by atoms with E-state index in [9.17, 15) is 4.79 Å². The molecule has 0 bridgehead atoms. The first-order chi connectivity index (χ1) is 11.4. The van der Waals surface area contributed by atoms with Crippen LogP contribution in [-0.2, 0) is 14.0 Å². The number of ether oxygens (including phenoxy) is 1. The number of carbonyl (C=O) groups is 1. The minimum absolute atomic E-state index is 0.00558. The third-order valence-corrected chi connectivity index (χ3v) is 10.9. The third-order valence-electron chi connectivity index (χ3n) is 6.37. The second-order valence-corrected chi connectivity index (χ2v) is 14.4. The van der Waals surface area contributed by atoms with Gasteiger partial charge >= 0.3 is 5.97 Å². The fourth-order valence-electron chi connectivity index (χ4n) is 3.59. The molecule has 0 unspecified atom stereocenters. The zero-order valence-electron chi connectivity index (χ0n) is 17.9. The van der Waals surface area contributed by atoms with E-state index in [4.69, 9.17) is 9.16 Å². The summed E-state index contributed by atoms with van der Waals surface area (Å²) < 4.78 is 11.5. The summed E-state index contributed by atoms with van der Waals surface area (Å²) >= 11 is 0. The van der Waals surface area contributed by atoms with Gasteiger partial charge < -0.3 is 9.16 Å². The molecule has 0 fully saturated rings. The quantitative estimate of drug-likeness (QED) is 0.323. The molecule has 1 rings (SSSR count). The van der Waals surface area contributed by atoms with E-state index in [1.54, 1.807) is 0 Å². The van der Waals surface area contributed by atoms with Crippen LogP contribution in [-0.4, -0.2) is 28.0 Å². The molecule has 0 saturated carbocycles. The van der Waals surface area contributed by atoms with Crippen LogP contribution in [0, 0.1) is 23.7 Å². The fourth-order valence-corrected chi connectivity index (χ4v) is 4.65. The van der Waals surface area contributed by atoms with Gasteiger partial charge in [-0.1, -0.05) is 46.3 Å². The molecule has 0 heterocycles. The van der Waals surface area contributed by atoms with Gasteiger partial charge in [0, 0.05) is 6.61 Å². The van der Waals surface area contributed by atoms with Crippen LogP contribution in [0.2, 0.25) is 18.1 Å². The molecule has 0 N–H and O–H groups in total. The molecule has 4 heteroatoms. The Labute approximate surface area is 156 Å². The van der Waals surface area contributed by atoms with Crippen molar-refractivity contribution in [2.45, 2.75) is 78.9 Å². The first-order valence-corrected chi connectivity index (χ1v) is 12.7. The van der Waals surface area contributed by atoms with Crippen LogP contribution in [0.5, 0.6) is 0 Å². The molecule has 0 aromatic heterocycles. The van der Waals surface area contributed by atoms with Crippen molar-refractivity contribution in [3.8, 4) is 0 Å². The Balaban J connectivity index is 2.87. The van der Waals surface area contributed by atoms with Crippen LogP contribution < -0.4 is 0 Å². The van der Waals surface area contributed by atoms with E-state index >= 15 is 0 Å². The Morgan fingerprint density at radius 2 is 1.92 bits per heavy atom. The van der Waals surface area contributed by atoms with Crippen LogP contribution in [0.25, 0.3) is 0 Å². The Hall–Kier alpha value is -0.613. The molecule has 1 aliphatic rings.